The monoisotopic (exact) mass is 269 g/mol. The summed E-state index contributed by atoms with van der Waals surface area (Å²) < 4.78 is 0. The summed E-state index contributed by atoms with van der Waals surface area (Å²) in [5.41, 5.74) is 9.66. The Bertz CT molecular complexity index is 606. The summed E-state index contributed by atoms with van der Waals surface area (Å²) >= 11 is 0. The number of hydrogen-bond acceptors (Lipinski definition) is 2. The Morgan fingerprint density at radius 1 is 1.10 bits per heavy atom. The molecule has 0 heterocycles. The summed E-state index contributed by atoms with van der Waals surface area (Å²) in [4.78, 5) is 11.0. The van der Waals surface area contributed by atoms with Crippen LogP contribution in [0, 0.1) is 0 Å². The van der Waals surface area contributed by atoms with E-state index in [0.29, 0.717) is 11.5 Å². The van der Waals surface area contributed by atoms with Crippen molar-refractivity contribution in [1.82, 2.24) is 0 Å². The maximum Gasteiger partial charge on any atom is 0.325 e. The number of rotatable bonds is 4. The molecule has 0 aliphatic carbocycles. The van der Waals surface area contributed by atoms with E-state index in [1.54, 1.807) is 6.07 Å². The third-order valence-electron chi connectivity index (χ3n) is 3.41. The van der Waals surface area contributed by atoms with E-state index in [0.717, 1.165) is 11.1 Å². The molecule has 1 atom stereocenters. The van der Waals surface area contributed by atoms with Gasteiger partial charge in [0.15, 0.2) is 0 Å². The molecule has 0 radical (unpaired) electrons. The van der Waals surface area contributed by atoms with Crippen molar-refractivity contribution in [2.45, 2.75) is 25.8 Å². The number of carboxylic acid groups (broad SMARTS) is 1. The minimum Gasteiger partial charge on any atom is -0.480 e. The molecule has 0 amide bonds. The van der Waals surface area contributed by atoms with Gasteiger partial charge in [-0.2, -0.15) is 0 Å². The first-order valence-corrected chi connectivity index (χ1v) is 6.68. The van der Waals surface area contributed by atoms with Gasteiger partial charge in [0.1, 0.15) is 6.04 Å². The third kappa shape index (κ3) is 2.89. The smallest absolute Gasteiger partial charge is 0.325 e. The molecule has 0 saturated heterocycles. The van der Waals surface area contributed by atoms with E-state index in [1.807, 2.05) is 42.5 Å². The first-order chi connectivity index (χ1) is 9.50. The second-order valence-corrected chi connectivity index (χ2v) is 5.18. The summed E-state index contributed by atoms with van der Waals surface area (Å²) in [6, 6.07) is 14.7. The number of carbonyl (C=O) groups is 1. The van der Waals surface area contributed by atoms with Crippen LogP contribution in [0.2, 0.25) is 0 Å². The summed E-state index contributed by atoms with van der Waals surface area (Å²) in [7, 11) is 0. The Morgan fingerprint density at radius 3 is 2.30 bits per heavy atom. The third-order valence-corrected chi connectivity index (χ3v) is 3.41. The van der Waals surface area contributed by atoms with Crippen molar-refractivity contribution in [2.24, 2.45) is 5.73 Å². The Kier molecular flexibility index (Phi) is 4.20. The van der Waals surface area contributed by atoms with Crippen LogP contribution < -0.4 is 5.73 Å². The predicted molar refractivity (Wildman–Crippen MR) is 80.5 cm³/mol. The molecule has 0 spiro atoms. The second kappa shape index (κ2) is 5.88. The lowest BCUT2D eigenvalue weighted by atomic mass is 9.90. The molecular weight excluding hydrogens is 250 g/mol. The molecule has 2 aromatic rings. The highest BCUT2D eigenvalue weighted by molar-refractivity contribution is 5.77. The van der Waals surface area contributed by atoms with Crippen LogP contribution in [0.1, 0.15) is 36.9 Å². The average Bonchev–Trinajstić information content (AvgIpc) is 2.46. The molecule has 0 fully saturated rings. The fraction of sp³-hybridized carbons (Fsp3) is 0.235. The van der Waals surface area contributed by atoms with E-state index in [2.05, 4.69) is 13.8 Å². The minimum atomic E-state index is -1.01. The molecule has 3 N–H and O–H groups in total. The fourth-order valence-electron chi connectivity index (χ4n) is 2.28. The van der Waals surface area contributed by atoms with E-state index >= 15 is 0 Å². The van der Waals surface area contributed by atoms with Gasteiger partial charge in [0.2, 0.25) is 0 Å². The number of hydrogen-bond donors (Lipinski definition) is 2. The molecule has 1 unspecified atom stereocenters. The van der Waals surface area contributed by atoms with Gasteiger partial charge in [0.25, 0.3) is 0 Å². The molecule has 2 aromatic carbocycles. The zero-order chi connectivity index (χ0) is 14.7. The van der Waals surface area contributed by atoms with Crippen LogP contribution in [0.4, 0.5) is 0 Å². The van der Waals surface area contributed by atoms with Gasteiger partial charge >= 0.3 is 5.97 Å². The van der Waals surface area contributed by atoms with Crippen molar-refractivity contribution in [2.75, 3.05) is 0 Å². The van der Waals surface area contributed by atoms with Gasteiger partial charge in [-0.05, 0) is 34.2 Å². The van der Waals surface area contributed by atoms with Crippen LogP contribution in [0.15, 0.2) is 48.5 Å². The molecule has 104 valence electrons. The zero-order valence-corrected chi connectivity index (χ0v) is 11.7. The Labute approximate surface area is 119 Å². The van der Waals surface area contributed by atoms with Gasteiger partial charge in [0, 0.05) is 0 Å². The molecular formula is C17H19NO2. The van der Waals surface area contributed by atoms with Gasteiger partial charge in [-0.1, -0.05) is 56.3 Å². The largest absolute Gasteiger partial charge is 0.480 e. The quantitative estimate of drug-likeness (QED) is 0.892. The number of carboxylic acids is 1. The molecule has 0 aromatic heterocycles. The van der Waals surface area contributed by atoms with E-state index < -0.39 is 12.0 Å². The minimum absolute atomic E-state index is 0.361. The molecule has 0 aliphatic heterocycles. The highest BCUT2D eigenvalue weighted by Gasteiger charge is 2.17. The molecule has 0 aliphatic rings. The lowest BCUT2D eigenvalue weighted by Crippen LogP contribution is -2.20. The standard InChI is InChI=1S/C17H19NO2/c1-11(2)14-9-8-13(16(18)17(19)20)10-15(14)12-6-4-3-5-7-12/h3-11,16H,18H2,1-2H3,(H,19,20). The van der Waals surface area contributed by atoms with E-state index in [-0.39, 0.29) is 0 Å². The SMILES string of the molecule is CC(C)c1ccc(C(N)C(=O)O)cc1-c1ccccc1. The van der Waals surface area contributed by atoms with Crippen molar-refractivity contribution < 1.29 is 9.90 Å². The zero-order valence-electron chi connectivity index (χ0n) is 11.7. The Balaban J connectivity index is 2.57. The maximum absolute atomic E-state index is 11.0. The van der Waals surface area contributed by atoms with Gasteiger partial charge in [0.05, 0.1) is 0 Å². The maximum atomic E-state index is 11.0. The number of aliphatic carboxylic acids is 1. The van der Waals surface area contributed by atoms with Crippen molar-refractivity contribution in [3.05, 3.63) is 59.7 Å². The van der Waals surface area contributed by atoms with Crippen LogP contribution in [0.5, 0.6) is 0 Å². The average molecular weight is 269 g/mol. The van der Waals surface area contributed by atoms with Crippen LogP contribution in [0.25, 0.3) is 11.1 Å². The number of nitrogens with two attached hydrogens (primary N) is 1. The van der Waals surface area contributed by atoms with Crippen LogP contribution in [0.3, 0.4) is 0 Å². The van der Waals surface area contributed by atoms with Crippen molar-refractivity contribution in [3.63, 3.8) is 0 Å². The van der Waals surface area contributed by atoms with E-state index in [4.69, 9.17) is 10.8 Å². The summed E-state index contributed by atoms with van der Waals surface area (Å²) in [6.45, 7) is 4.25. The lowest BCUT2D eigenvalue weighted by Gasteiger charge is -2.16. The normalized spacial score (nSPS) is 12.4. The first-order valence-electron chi connectivity index (χ1n) is 6.68. The van der Waals surface area contributed by atoms with Crippen molar-refractivity contribution in [1.29, 1.82) is 0 Å². The Morgan fingerprint density at radius 2 is 1.75 bits per heavy atom. The van der Waals surface area contributed by atoms with Gasteiger partial charge in [-0.25, -0.2) is 0 Å². The highest BCUT2D eigenvalue weighted by atomic mass is 16.4. The highest BCUT2D eigenvalue weighted by Crippen LogP contribution is 2.31. The Hall–Kier alpha value is -2.13. The topological polar surface area (TPSA) is 63.3 Å². The molecule has 0 bridgehead atoms. The second-order valence-electron chi connectivity index (χ2n) is 5.18. The molecule has 20 heavy (non-hydrogen) atoms. The van der Waals surface area contributed by atoms with Gasteiger partial charge in [-0.3, -0.25) is 4.79 Å². The summed E-state index contributed by atoms with van der Waals surface area (Å²) in [5.74, 6) is -0.651. The molecule has 3 heteroatoms. The van der Waals surface area contributed by atoms with Crippen molar-refractivity contribution >= 4 is 5.97 Å². The van der Waals surface area contributed by atoms with Gasteiger partial charge < -0.3 is 10.8 Å². The predicted octanol–water partition coefficient (Wildman–Crippen LogP) is 3.56. The summed E-state index contributed by atoms with van der Waals surface area (Å²) in [6.07, 6.45) is 0. The fourth-order valence-corrected chi connectivity index (χ4v) is 2.28. The van der Waals surface area contributed by atoms with Crippen LogP contribution >= 0.6 is 0 Å². The van der Waals surface area contributed by atoms with Crippen molar-refractivity contribution in [3.8, 4) is 11.1 Å². The summed E-state index contributed by atoms with van der Waals surface area (Å²) in [5, 5.41) is 9.05. The van der Waals surface area contributed by atoms with Crippen LogP contribution in [-0.2, 0) is 4.79 Å². The lowest BCUT2D eigenvalue weighted by molar-refractivity contribution is -0.138. The molecule has 0 saturated carbocycles. The van der Waals surface area contributed by atoms with Gasteiger partial charge in [-0.15, -0.1) is 0 Å². The van der Waals surface area contributed by atoms with E-state index in [9.17, 15) is 4.79 Å². The first kappa shape index (κ1) is 14.3. The van der Waals surface area contributed by atoms with E-state index in [1.165, 1.54) is 5.56 Å². The molecule has 2 rings (SSSR count). The van der Waals surface area contributed by atoms with Crippen LogP contribution in [-0.4, -0.2) is 11.1 Å². The number of benzene rings is 2. The molecule has 3 nitrogen and oxygen atoms in total.